The Morgan fingerprint density at radius 3 is 2.43 bits per heavy atom. The topological polar surface area (TPSA) is 29.5 Å². The van der Waals surface area contributed by atoms with Crippen molar-refractivity contribution < 1.29 is 9.53 Å². The average molecular weight is 199 g/mol. The third-order valence-electron chi connectivity index (χ3n) is 1.95. The summed E-state index contributed by atoms with van der Waals surface area (Å²) in [6.45, 7) is 6.56. The van der Waals surface area contributed by atoms with E-state index in [-0.39, 0.29) is 11.6 Å². The van der Waals surface area contributed by atoms with Crippen LogP contribution in [0.1, 0.15) is 27.2 Å². The van der Waals surface area contributed by atoms with Crippen LogP contribution in [0, 0.1) is 0 Å². The molecule has 0 N–H and O–H groups in total. The smallest absolute Gasteiger partial charge is 0.330 e. The van der Waals surface area contributed by atoms with Crippen LogP contribution in [0.4, 0.5) is 0 Å². The third kappa shape index (κ3) is 6.66. The van der Waals surface area contributed by atoms with Crippen molar-refractivity contribution in [2.75, 3.05) is 20.6 Å². The molecule has 0 rings (SSSR count). The molecule has 0 fully saturated rings. The molecule has 0 aliphatic carbocycles. The molecule has 3 heteroatoms. The van der Waals surface area contributed by atoms with Crippen LogP contribution in [-0.4, -0.2) is 37.1 Å². The second-order valence-electron chi connectivity index (χ2n) is 4.20. The summed E-state index contributed by atoms with van der Waals surface area (Å²) >= 11 is 0. The molecule has 0 spiro atoms. The van der Waals surface area contributed by atoms with Gasteiger partial charge in [-0.2, -0.15) is 0 Å². The van der Waals surface area contributed by atoms with Crippen molar-refractivity contribution in [2.24, 2.45) is 0 Å². The predicted octanol–water partition coefficient (Wildman–Crippen LogP) is 1.84. The Morgan fingerprint density at radius 1 is 1.43 bits per heavy atom. The van der Waals surface area contributed by atoms with Gasteiger partial charge in [-0.15, -0.1) is 0 Å². The van der Waals surface area contributed by atoms with E-state index in [1.807, 2.05) is 39.8 Å². The fourth-order valence-electron chi connectivity index (χ4n) is 0.738. The SMILES string of the molecule is CCC(C)(C)OC(=O)/C=C/CN(C)C. The van der Waals surface area contributed by atoms with Crippen molar-refractivity contribution in [3.63, 3.8) is 0 Å². The van der Waals surface area contributed by atoms with Crippen LogP contribution in [0.3, 0.4) is 0 Å². The van der Waals surface area contributed by atoms with Gasteiger partial charge in [0.25, 0.3) is 0 Å². The highest BCUT2D eigenvalue weighted by Crippen LogP contribution is 2.13. The molecule has 0 heterocycles. The zero-order valence-electron chi connectivity index (χ0n) is 9.83. The van der Waals surface area contributed by atoms with Crippen molar-refractivity contribution >= 4 is 5.97 Å². The summed E-state index contributed by atoms with van der Waals surface area (Å²) in [4.78, 5) is 13.3. The predicted molar refractivity (Wildman–Crippen MR) is 58.2 cm³/mol. The standard InChI is InChI=1S/C11H21NO2/c1-6-11(2,3)14-10(13)8-7-9-12(4)5/h7-8H,6,9H2,1-5H3/b8-7+. The summed E-state index contributed by atoms with van der Waals surface area (Å²) < 4.78 is 5.22. The first-order valence-electron chi connectivity index (χ1n) is 4.91. The molecule has 0 unspecified atom stereocenters. The highest BCUT2D eigenvalue weighted by molar-refractivity contribution is 5.82. The van der Waals surface area contributed by atoms with E-state index >= 15 is 0 Å². The lowest BCUT2D eigenvalue weighted by atomic mass is 10.1. The maximum atomic E-state index is 11.3. The minimum atomic E-state index is -0.362. The quantitative estimate of drug-likeness (QED) is 0.500. The summed E-state index contributed by atoms with van der Waals surface area (Å²) in [7, 11) is 3.90. The van der Waals surface area contributed by atoms with Crippen molar-refractivity contribution in [3.05, 3.63) is 12.2 Å². The first-order valence-corrected chi connectivity index (χ1v) is 4.91. The molecule has 0 saturated carbocycles. The molecule has 14 heavy (non-hydrogen) atoms. The molecule has 0 saturated heterocycles. The largest absolute Gasteiger partial charge is 0.457 e. The summed E-state index contributed by atoms with van der Waals surface area (Å²) in [6, 6.07) is 0. The summed E-state index contributed by atoms with van der Waals surface area (Å²) in [5.74, 6) is -0.265. The molecule has 0 amide bonds. The fourth-order valence-corrected chi connectivity index (χ4v) is 0.738. The Hall–Kier alpha value is -0.830. The van der Waals surface area contributed by atoms with Gasteiger partial charge in [0.15, 0.2) is 0 Å². The van der Waals surface area contributed by atoms with E-state index < -0.39 is 0 Å². The number of hydrogen-bond acceptors (Lipinski definition) is 3. The lowest BCUT2D eigenvalue weighted by Crippen LogP contribution is -2.26. The van der Waals surface area contributed by atoms with Gasteiger partial charge in [0.2, 0.25) is 0 Å². The van der Waals surface area contributed by atoms with Gasteiger partial charge in [-0.25, -0.2) is 4.79 Å². The van der Waals surface area contributed by atoms with Gasteiger partial charge < -0.3 is 9.64 Å². The van der Waals surface area contributed by atoms with Crippen LogP contribution >= 0.6 is 0 Å². The van der Waals surface area contributed by atoms with Crippen molar-refractivity contribution in [3.8, 4) is 0 Å². The summed E-state index contributed by atoms with van der Waals surface area (Å²) in [5, 5.41) is 0. The van der Waals surface area contributed by atoms with Gasteiger partial charge >= 0.3 is 5.97 Å². The average Bonchev–Trinajstić information content (AvgIpc) is 2.02. The first kappa shape index (κ1) is 13.2. The van der Waals surface area contributed by atoms with Crippen molar-refractivity contribution in [1.29, 1.82) is 0 Å². The van der Waals surface area contributed by atoms with E-state index in [0.717, 1.165) is 13.0 Å². The van der Waals surface area contributed by atoms with E-state index in [1.165, 1.54) is 6.08 Å². The van der Waals surface area contributed by atoms with E-state index in [4.69, 9.17) is 4.74 Å². The van der Waals surface area contributed by atoms with Crippen LogP contribution in [0.15, 0.2) is 12.2 Å². The molecular formula is C11H21NO2. The van der Waals surface area contributed by atoms with Crippen LogP contribution in [0.2, 0.25) is 0 Å². The van der Waals surface area contributed by atoms with Gasteiger partial charge in [-0.3, -0.25) is 0 Å². The van der Waals surface area contributed by atoms with Crippen molar-refractivity contribution in [2.45, 2.75) is 32.8 Å². The molecule has 0 aromatic rings. The van der Waals surface area contributed by atoms with Crippen LogP contribution in [0.5, 0.6) is 0 Å². The minimum Gasteiger partial charge on any atom is -0.457 e. The lowest BCUT2D eigenvalue weighted by Gasteiger charge is -2.22. The molecule has 0 aliphatic rings. The molecule has 0 atom stereocenters. The Balaban J connectivity index is 3.92. The number of likely N-dealkylation sites (N-methyl/N-ethyl adjacent to an activating group) is 1. The second-order valence-corrected chi connectivity index (χ2v) is 4.20. The second kappa shape index (κ2) is 5.81. The lowest BCUT2D eigenvalue weighted by molar-refractivity contribution is -0.150. The molecular weight excluding hydrogens is 178 g/mol. The molecule has 0 aliphatic heterocycles. The van der Waals surface area contributed by atoms with Crippen LogP contribution in [0.25, 0.3) is 0 Å². The highest BCUT2D eigenvalue weighted by atomic mass is 16.6. The van der Waals surface area contributed by atoms with E-state index in [1.54, 1.807) is 6.08 Å². The molecule has 0 aromatic carbocycles. The number of rotatable bonds is 5. The van der Waals surface area contributed by atoms with Gasteiger partial charge in [0.05, 0.1) is 0 Å². The monoisotopic (exact) mass is 199 g/mol. The Bertz CT molecular complexity index is 207. The number of hydrogen-bond donors (Lipinski definition) is 0. The summed E-state index contributed by atoms with van der Waals surface area (Å²) in [5.41, 5.74) is -0.362. The molecule has 0 aromatic heterocycles. The molecule has 0 bridgehead atoms. The molecule has 3 nitrogen and oxygen atoms in total. The Labute approximate surface area is 86.7 Å². The first-order chi connectivity index (χ1) is 6.37. The highest BCUT2D eigenvalue weighted by Gasteiger charge is 2.18. The Kier molecular flexibility index (Phi) is 5.46. The number of carbonyl (C=O) groups excluding carboxylic acids is 1. The zero-order chi connectivity index (χ0) is 11.2. The van der Waals surface area contributed by atoms with Gasteiger partial charge in [0, 0.05) is 12.6 Å². The van der Waals surface area contributed by atoms with Gasteiger partial charge in [-0.1, -0.05) is 13.0 Å². The minimum absolute atomic E-state index is 0.265. The number of ether oxygens (including phenoxy) is 1. The maximum Gasteiger partial charge on any atom is 0.330 e. The number of nitrogens with zero attached hydrogens (tertiary/aromatic N) is 1. The van der Waals surface area contributed by atoms with Crippen LogP contribution in [-0.2, 0) is 9.53 Å². The van der Waals surface area contributed by atoms with E-state index in [2.05, 4.69) is 0 Å². The number of carbonyl (C=O) groups is 1. The van der Waals surface area contributed by atoms with E-state index in [9.17, 15) is 4.79 Å². The third-order valence-corrected chi connectivity index (χ3v) is 1.95. The fraction of sp³-hybridized carbons (Fsp3) is 0.727. The summed E-state index contributed by atoms with van der Waals surface area (Å²) in [6.07, 6.45) is 4.10. The number of esters is 1. The van der Waals surface area contributed by atoms with Crippen molar-refractivity contribution in [1.82, 2.24) is 4.90 Å². The van der Waals surface area contributed by atoms with Crippen LogP contribution < -0.4 is 0 Å². The zero-order valence-corrected chi connectivity index (χ0v) is 9.83. The Morgan fingerprint density at radius 2 is 2.00 bits per heavy atom. The van der Waals surface area contributed by atoms with Gasteiger partial charge in [-0.05, 0) is 34.4 Å². The van der Waals surface area contributed by atoms with Gasteiger partial charge in [0.1, 0.15) is 5.60 Å². The molecule has 82 valence electrons. The maximum absolute atomic E-state index is 11.3. The van der Waals surface area contributed by atoms with E-state index in [0.29, 0.717) is 0 Å². The molecule has 0 radical (unpaired) electrons. The normalized spacial score (nSPS) is 12.4.